The monoisotopic (exact) mass is 334 g/mol. The van der Waals surface area contributed by atoms with Crippen molar-refractivity contribution in [3.8, 4) is 0 Å². The van der Waals surface area contributed by atoms with E-state index in [2.05, 4.69) is 4.72 Å². The highest BCUT2D eigenvalue weighted by molar-refractivity contribution is 7.89. The molecule has 2 aliphatic heterocycles. The third-order valence-electron chi connectivity index (χ3n) is 5.38. The summed E-state index contributed by atoms with van der Waals surface area (Å²) in [4.78, 5) is 14.5. The average molecular weight is 334 g/mol. The van der Waals surface area contributed by atoms with Gasteiger partial charge in [0.05, 0.1) is 16.5 Å². The second-order valence-corrected chi connectivity index (χ2v) is 8.65. The van der Waals surface area contributed by atoms with Crippen molar-refractivity contribution in [3.05, 3.63) is 23.3 Å². The zero-order valence-corrected chi connectivity index (χ0v) is 14.2. The van der Waals surface area contributed by atoms with Crippen LogP contribution in [0.25, 0.3) is 0 Å². The summed E-state index contributed by atoms with van der Waals surface area (Å²) in [6, 6.07) is 3.54. The number of rotatable bonds is 3. The Morgan fingerprint density at radius 1 is 1.17 bits per heavy atom. The molecule has 1 aliphatic carbocycles. The normalized spacial score (nSPS) is 24.3. The van der Waals surface area contributed by atoms with Crippen LogP contribution >= 0.6 is 0 Å². The Balaban J connectivity index is 1.75. The maximum atomic E-state index is 12.7. The van der Waals surface area contributed by atoms with Gasteiger partial charge < -0.3 is 4.90 Å². The lowest BCUT2D eigenvalue weighted by atomic mass is 9.97. The molecule has 0 spiro atoms. The molecular formula is C17H22N2O3S. The van der Waals surface area contributed by atoms with Crippen molar-refractivity contribution >= 4 is 21.6 Å². The molecule has 0 bridgehead atoms. The first-order valence-corrected chi connectivity index (χ1v) is 9.96. The number of hydrogen-bond acceptors (Lipinski definition) is 3. The van der Waals surface area contributed by atoms with Gasteiger partial charge in [0, 0.05) is 12.6 Å². The fraction of sp³-hybridized carbons (Fsp3) is 0.588. The van der Waals surface area contributed by atoms with Crippen LogP contribution in [-0.4, -0.2) is 26.9 Å². The summed E-state index contributed by atoms with van der Waals surface area (Å²) in [7, 11) is -3.51. The number of sulfonamides is 1. The highest BCUT2D eigenvalue weighted by atomic mass is 32.2. The Morgan fingerprint density at radius 2 is 1.91 bits per heavy atom. The zero-order valence-electron chi connectivity index (χ0n) is 13.3. The molecule has 1 saturated carbocycles. The van der Waals surface area contributed by atoms with Crippen molar-refractivity contribution in [1.82, 2.24) is 4.72 Å². The van der Waals surface area contributed by atoms with Gasteiger partial charge in [0.2, 0.25) is 15.9 Å². The zero-order chi connectivity index (χ0) is 16.2. The van der Waals surface area contributed by atoms with Gasteiger partial charge in [0.15, 0.2) is 0 Å². The molecule has 1 atom stereocenters. The van der Waals surface area contributed by atoms with Crippen LogP contribution in [-0.2, 0) is 21.2 Å². The van der Waals surface area contributed by atoms with Gasteiger partial charge in [-0.25, -0.2) is 13.1 Å². The Morgan fingerprint density at radius 3 is 2.65 bits per heavy atom. The molecule has 1 fully saturated rings. The molecule has 4 rings (SSSR count). The standard InChI is InChI=1S/C17H22N2O3S/c1-11-15-10-14(23(21,22)18-13-6-2-3-7-13)9-12-5-4-8-19(16(12)15)17(11)20/h9-11,13,18H,2-8H2,1H3/t11-/m0/s1. The van der Waals surface area contributed by atoms with E-state index < -0.39 is 10.0 Å². The number of nitrogens with one attached hydrogen (secondary N) is 1. The second-order valence-electron chi connectivity index (χ2n) is 6.94. The first-order chi connectivity index (χ1) is 11.0. The van der Waals surface area contributed by atoms with Crippen molar-refractivity contribution in [3.63, 3.8) is 0 Å². The number of amides is 1. The van der Waals surface area contributed by atoms with E-state index in [4.69, 9.17) is 0 Å². The molecule has 1 aromatic carbocycles. The number of carbonyl (C=O) groups excluding carboxylic acids is 1. The summed E-state index contributed by atoms with van der Waals surface area (Å²) >= 11 is 0. The third-order valence-corrected chi connectivity index (χ3v) is 6.88. The predicted octanol–water partition coefficient (Wildman–Crippen LogP) is 2.30. The number of carbonyl (C=O) groups is 1. The van der Waals surface area contributed by atoms with E-state index in [1.54, 1.807) is 12.1 Å². The maximum Gasteiger partial charge on any atom is 0.240 e. The van der Waals surface area contributed by atoms with E-state index in [1.807, 2.05) is 11.8 Å². The number of benzene rings is 1. The van der Waals surface area contributed by atoms with Crippen molar-refractivity contribution in [2.45, 2.75) is 62.3 Å². The number of hydrogen-bond donors (Lipinski definition) is 1. The number of nitrogens with zero attached hydrogens (tertiary/aromatic N) is 1. The largest absolute Gasteiger partial charge is 0.311 e. The smallest absolute Gasteiger partial charge is 0.240 e. The Labute approximate surface area is 137 Å². The highest BCUT2D eigenvalue weighted by Crippen LogP contribution is 2.43. The lowest BCUT2D eigenvalue weighted by Gasteiger charge is -2.26. The molecule has 0 saturated heterocycles. The van der Waals surface area contributed by atoms with E-state index in [1.165, 1.54) is 0 Å². The van der Waals surface area contributed by atoms with Gasteiger partial charge in [-0.15, -0.1) is 0 Å². The van der Waals surface area contributed by atoms with Crippen LogP contribution in [0.4, 0.5) is 5.69 Å². The van der Waals surface area contributed by atoms with Crippen LogP contribution in [0.2, 0.25) is 0 Å². The van der Waals surface area contributed by atoms with Crippen LogP contribution in [0, 0.1) is 0 Å². The van der Waals surface area contributed by atoms with E-state index in [9.17, 15) is 13.2 Å². The van der Waals surface area contributed by atoms with Gasteiger partial charge in [-0.1, -0.05) is 12.8 Å². The van der Waals surface area contributed by atoms with Crippen LogP contribution < -0.4 is 9.62 Å². The minimum atomic E-state index is -3.51. The Bertz CT molecular complexity index is 766. The minimum Gasteiger partial charge on any atom is -0.311 e. The van der Waals surface area contributed by atoms with E-state index >= 15 is 0 Å². The fourth-order valence-electron chi connectivity index (χ4n) is 4.15. The van der Waals surface area contributed by atoms with Crippen molar-refractivity contribution < 1.29 is 13.2 Å². The van der Waals surface area contributed by atoms with Crippen molar-refractivity contribution in [1.29, 1.82) is 0 Å². The molecule has 6 heteroatoms. The van der Waals surface area contributed by atoms with Gasteiger partial charge in [-0.3, -0.25) is 4.79 Å². The van der Waals surface area contributed by atoms with Gasteiger partial charge in [-0.2, -0.15) is 0 Å². The van der Waals surface area contributed by atoms with Gasteiger partial charge in [0.1, 0.15) is 0 Å². The van der Waals surface area contributed by atoms with Crippen molar-refractivity contribution in [2.75, 3.05) is 11.4 Å². The molecule has 124 valence electrons. The Kier molecular flexibility index (Phi) is 3.50. The van der Waals surface area contributed by atoms with Crippen LogP contribution in [0.15, 0.2) is 17.0 Å². The molecule has 3 aliphatic rings. The SMILES string of the molecule is C[C@@H]1C(=O)N2CCCc3cc(S(=O)(=O)NC4CCCC4)cc1c32. The molecule has 0 radical (unpaired) electrons. The van der Waals surface area contributed by atoms with Crippen molar-refractivity contribution in [2.24, 2.45) is 0 Å². The highest BCUT2D eigenvalue weighted by Gasteiger charge is 2.39. The number of aryl methyl sites for hydroxylation is 1. The van der Waals surface area contributed by atoms with Crippen LogP contribution in [0.3, 0.4) is 0 Å². The molecule has 0 aromatic heterocycles. The summed E-state index contributed by atoms with van der Waals surface area (Å²) in [5.74, 6) is -0.150. The quantitative estimate of drug-likeness (QED) is 0.922. The lowest BCUT2D eigenvalue weighted by Crippen LogP contribution is -2.33. The van der Waals surface area contributed by atoms with Gasteiger partial charge in [0.25, 0.3) is 0 Å². The third kappa shape index (κ3) is 2.39. The lowest BCUT2D eigenvalue weighted by molar-refractivity contribution is -0.119. The van der Waals surface area contributed by atoms with Gasteiger partial charge >= 0.3 is 0 Å². The second kappa shape index (κ2) is 5.31. The first-order valence-electron chi connectivity index (χ1n) is 8.48. The molecule has 1 amide bonds. The summed E-state index contributed by atoms with van der Waals surface area (Å²) in [5.41, 5.74) is 2.84. The molecule has 23 heavy (non-hydrogen) atoms. The number of anilines is 1. The molecule has 5 nitrogen and oxygen atoms in total. The average Bonchev–Trinajstić information content (AvgIpc) is 3.11. The van der Waals surface area contributed by atoms with Crippen LogP contribution in [0.1, 0.15) is 56.1 Å². The molecule has 1 aromatic rings. The summed E-state index contributed by atoms with van der Waals surface area (Å²) in [6.45, 7) is 2.62. The summed E-state index contributed by atoms with van der Waals surface area (Å²) < 4.78 is 28.3. The molecule has 0 unspecified atom stereocenters. The predicted molar refractivity (Wildman–Crippen MR) is 88.1 cm³/mol. The van der Waals surface area contributed by atoms with Crippen LogP contribution in [0.5, 0.6) is 0 Å². The van der Waals surface area contributed by atoms with E-state index in [0.29, 0.717) is 4.90 Å². The topological polar surface area (TPSA) is 66.5 Å². The molecule has 1 N–H and O–H groups in total. The fourth-order valence-corrected chi connectivity index (χ4v) is 5.54. The van der Waals surface area contributed by atoms with E-state index in [0.717, 1.165) is 61.9 Å². The summed E-state index contributed by atoms with van der Waals surface area (Å²) in [6.07, 6.45) is 5.74. The molecule has 2 heterocycles. The molecular weight excluding hydrogens is 312 g/mol. The summed E-state index contributed by atoms with van der Waals surface area (Å²) in [5, 5.41) is 0. The minimum absolute atomic E-state index is 0.0557. The van der Waals surface area contributed by atoms with E-state index in [-0.39, 0.29) is 17.9 Å². The maximum absolute atomic E-state index is 12.7. The van der Waals surface area contributed by atoms with Gasteiger partial charge in [-0.05, 0) is 55.9 Å². The Hall–Kier alpha value is -1.40. The first kappa shape index (κ1) is 15.1.